The van der Waals surface area contributed by atoms with Crippen LogP contribution in [0.15, 0.2) is 18.2 Å². The van der Waals surface area contributed by atoms with E-state index in [0.717, 1.165) is 24.7 Å². The summed E-state index contributed by atoms with van der Waals surface area (Å²) < 4.78 is 13.1. The number of phenolic OH excluding ortho intramolecular Hbond substituents is 1. The van der Waals surface area contributed by atoms with Crippen LogP contribution in [0.2, 0.25) is 0 Å². The number of hydrogen-bond donors (Lipinski definition) is 2. The van der Waals surface area contributed by atoms with Crippen LogP contribution in [0, 0.1) is 11.2 Å². The van der Waals surface area contributed by atoms with E-state index in [1.54, 1.807) is 6.07 Å². The van der Waals surface area contributed by atoms with Crippen molar-refractivity contribution in [2.45, 2.75) is 20.4 Å². The Morgan fingerprint density at radius 1 is 1.28 bits per heavy atom. The second-order valence-electron chi connectivity index (χ2n) is 5.82. The Balaban J connectivity index is 2.46. The van der Waals surface area contributed by atoms with E-state index in [1.165, 1.54) is 6.07 Å². The van der Waals surface area contributed by atoms with Crippen molar-refractivity contribution in [2.75, 3.05) is 27.2 Å². The minimum absolute atomic E-state index is 0.0284. The summed E-state index contributed by atoms with van der Waals surface area (Å²) in [5.41, 5.74) is 0.909. The highest BCUT2D eigenvalue weighted by Crippen LogP contribution is 2.16. The van der Waals surface area contributed by atoms with Gasteiger partial charge in [0.15, 0.2) is 0 Å². The fraction of sp³-hybridized carbons (Fsp3) is 0.571. The summed E-state index contributed by atoms with van der Waals surface area (Å²) in [7, 11) is 4.10. The molecule has 0 heterocycles. The summed E-state index contributed by atoms with van der Waals surface area (Å²) in [6, 6.07) is 4.13. The lowest BCUT2D eigenvalue weighted by Gasteiger charge is -2.28. The Kier molecular flexibility index (Phi) is 5.11. The molecule has 2 N–H and O–H groups in total. The number of halogens is 1. The second kappa shape index (κ2) is 6.16. The fourth-order valence-electron chi connectivity index (χ4n) is 2.19. The van der Waals surface area contributed by atoms with E-state index in [1.807, 2.05) is 14.1 Å². The quantitative estimate of drug-likeness (QED) is 0.817. The maximum atomic E-state index is 13.1. The number of nitrogens with one attached hydrogen (secondary N) is 1. The molecule has 0 saturated heterocycles. The first kappa shape index (κ1) is 14.9. The van der Waals surface area contributed by atoms with Crippen LogP contribution in [0.5, 0.6) is 5.75 Å². The van der Waals surface area contributed by atoms with Crippen molar-refractivity contribution in [3.05, 3.63) is 29.6 Å². The topological polar surface area (TPSA) is 35.5 Å². The molecule has 1 aromatic carbocycles. The maximum absolute atomic E-state index is 13.1. The molecule has 0 aliphatic carbocycles. The molecule has 0 spiro atoms. The van der Waals surface area contributed by atoms with Gasteiger partial charge < -0.3 is 15.3 Å². The van der Waals surface area contributed by atoms with Gasteiger partial charge in [-0.05, 0) is 37.2 Å². The molecule has 0 unspecified atom stereocenters. The van der Waals surface area contributed by atoms with Gasteiger partial charge in [0, 0.05) is 25.7 Å². The van der Waals surface area contributed by atoms with Gasteiger partial charge in [-0.15, -0.1) is 0 Å². The summed E-state index contributed by atoms with van der Waals surface area (Å²) in [4.78, 5) is 2.15. The van der Waals surface area contributed by atoms with Gasteiger partial charge in [0.1, 0.15) is 11.6 Å². The predicted octanol–water partition coefficient (Wildman–Crippen LogP) is 2.21. The summed E-state index contributed by atoms with van der Waals surface area (Å²) in [6.07, 6.45) is 0. The molecule has 0 aromatic heterocycles. The van der Waals surface area contributed by atoms with Gasteiger partial charge in [-0.25, -0.2) is 4.39 Å². The highest BCUT2D eigenvalue weighted by Gasteiger charge is 2.18. The summed E-state index contributed by atoms with van der Waals surface area (Å²) in [6.45, 7) is 6.74. The van der Waals surface area contributed by atoms with E-state index in [4.69, 9.17) is 0 Å². The number of hydrogen-bond acceptors (Lipinski definition) is 3. The molecule has 0 atom stereocenters. The fourth-order valence-corrected chi connectivity index (χ4v) is 2.19. The lowest BCUT2D eigenvalue weighted by Crippen LogP contribution is -2.37. The van der Waals surface area contributed by atoms with Crippen LogP contribution in [0.4, 0.5) is 4.39 Å². The molecular formula is C14H23FN2O. The third kappa shape index (κ3) is 5.47. The van der Waals surface area contributed by atoms with Crippen molar-refractivity contribution < 1.29 is 9.50 Å². The van der Waals surface area contributed by atoms with Crippen molar-refractivity contribution >= 4 is 0 Å². The minimum Gasteiger partial charge on any atom is -0.508 e. The Labute approximate surface area is 109 Å². The van der Waals surface area contributed by atoms with E-state index < -0.39 is 5.82 Å². The monoisotopic (exact) mass is 254 g/mol. The van der Waals surface area contributed by atoms with Crippen LogP contribution >= 0.6 is 0 Å². The van der Waals surface area contributed by atoms with Crippen LogP contribution in [0.25, 0.3) is 0 Å². The molecule has 18 heavy (non-hydrogen) atoms. The maximum Gasteiger partial charge on any atom is 0.127 e. The molecule has 1 rings (SSSR count). The van der Waals surface area contributed by atoms with Gasteiger partial charge in [0.25, 0.3) is 0 Å². The van der Waals surface area contributed by atoms with E-state index in [2.05, 4.69) is 24.1 Å². The predicted molar refractivity (Wildman–Crippen MR) is 72.1 cm³/mol. The van der Waals surface area contributed by atoms with Crippen molar-refractivity contribution in [3.63, 3.8) is 0 Å². The van der Waals surface area contributed by atoms with Crippen LogP contribution in [0.1, 0.15) is 19.4 Å². The van der Waals surface area contributed by atoms with Crippen molar-refractivity contribution in [2.24, 2.45) is 5.41 Å². The molecular weight excluding hydrogens is 231 g/mol. The van der Waals surface area contributed by atoms with E-state index >= 15 is 0 Å². The Bertz CT molecular complexity index is 371. The molecule has 0 radical (unpaired) electrons. The van der Waals surface area contributed by atoms with Crippen LogP contribution in [0.3, 0.4) is 0 Å². The molecule has 0 amide bonds. The first-order valence-electron chi connectivity index (χ1n) is 6.12. The van der Waals surface area contributed by atoms with Gasteiger partial charge in [0.2, 0.25) is 0 Å². The molecule has 0 bridgehead atoms. The second-order valence-corrected chi connectivity index (χ2v) is 5.82. The first-order chi connectivity index (χ1) is 8.28. The van der Waals surface area contributed by atoms with Crippen molar-refractivity contribution in [1.29, 1.82) is 0 Å². The Morgan fingerprint density at radius 2 is 1.94 bits per heavy atom. The lowest BCUT2D eigenvalue weighted by atomic mass is 9.93. The van der Waals surface area contributed by atoms with Gasteiger partial charge in [-0.3, -0.25) is 0 Å². The molecule has 1 aromatic rings. The minimum atomic E-state index is -0.403. The highest BCUT2D eigenvalue weighted by atomic mass is 19.1. The first-order valence-corrected chi connectivity index (χ1v) is 6.12. The summed E-state index contributed by atoms with van der Waals surface area (Å²) in [5.74, 6) is -0.432. The number of aromatic hydroxyl groups is 1. The molecule has 102 valence electrons. The highest BCUT2D eigenvalue weighted by molar-refractivity contribution is 5.28. The zero-order valence-corrected chi connectivity index (χ0v) is 11.6. The van der Waals surface area contributed by atoms with Crippen LogP contribution in [-0.4, -0.2) is 37.2 Å². The number of benzene rings is 1. The normalized spacial score (nSPS) is 12.1. The van der Waals surface area contributed by atoms with E-state index in [0.29, 0.717) is 6.54 Å². The van der Waals surface area contributed by atoms with E-state index in [-0.39, 0.29) is 11.2 Å². The summed E-state index contributed by atoms with van der Waals surface area (Å²) >= 11 is 0. The van der Waals surface area contributed by atoms with Gasteiger partial charge in [0.05, 0.1) is 0 Å². The summed E-state index contributed by atoms with van der Waals surface area (Å²) in [5, 5.41) is 12.6. The lowest BCUT2D eigenvalue weighted by molar-refractivity contribution is 0.232. The molecule has 3 nitrogen and oxygen atoms in total. The molecule has 4 heteroatoms. The number of nitrogens with zero attached hydrogens (tertiary/aromatic N) is 1. The Morgan fingerprint density at radius 3 is 2.50 bits per heavy atom. The van der Waals surface area contributed by atoms with Gasteiger partial charge >= 0.3 is 0 Å². The number of rotatable bonds is 6. The molecule has 0 saturated carbocycles. The molecule has 0 fully saturated rings. The molecule has 0 aliphatic heterocycles. The van der Waals surface area contributed by atoms with Crippen molar-refractivity contribution in [3.8, 4) is 5.75 Å². The Hall–Kier alpha value is -1.13. The molecule has 0 aliphatic rings. The standard InChI is InChI=1S/C14H23FN2O/c1-14(2,10-17(3)4)9-16-8-11-5-12(15)7-13(18)6-11/h5-7,16,18H,8-10H2,1-4H3. The average molecular weight is 254 g/mol. The zero-order valence-electron chi connectivity index (χ0n) is 11.6. The zero-order chi connectivity index (χ0) is 13.8. The van der Waals surface area contributed by atoms with E-state index in [9.17, 15) is 9.50 Å². The van der Waals surface area contributed by atoms with Gasteiger partial charge in [-0.2, -0.15) is 0 Å². The largest absolute Gasteiger partial charge is 0.508 e. The van der Waals surface area contributed by atoms with Gasteiger partial charge in [-0.1, -0.05) is 13.8 Å². The SMILES string of the molecule is CN(C)CC(C)(C)CNCc1cc(O)cc(F)c1. The van der Waals surface area contributed by atoms with Crippen LogP contribution in [-0.2, 0) is 6.54 Å². The number of phenols is 1. The third-order valence-corrected chi connectivity index (χ3v) is 2.62. The van der Waals surface area contributed by atoms with Crippen LogP contribution < -0.4 is 5.32 Å². The average Bonchev–Trinajstić information content (AvgIpc) is 2.12. The third-order valence-electron chi connectivity index (χ3n) is 2.62. The van der Waals surface area contributed by atoms with Crippen molar-refractivity contribution in [1.82, 2.24) is 10.2 Å². The smallest absolute Gasteiger partial charge is 0.127 e.